The lowest BCUT2D eigenvalue weighted by Gasteiger charge is -2.20. The fraction of sp³-hybridized carbons (Fsp3) is 0.625. The summed E-state index contributed by atoms with van der Waals surface area (Å²) in [4.78, 5) is 0.458. The number of aryl methyl sites for hydroxylation is 1. The number of nitrogens with one attached hydrogen (secondary N) is 1. The zero-order valence-corrected chi connectivity index (χ0v) is 14.2. The average molecular weight is 310 g/mol. The minimum atomic E-state index is -3.37. The molecule has 2 rings (SSSR count). The summed E-state index contributed by atoms with van der Waals surface area (Å²) in [6.07, 6.45) is 0.964. The van der Waals surface area contributed by atoms with Crippen molar-refractivity contribution in [2.45, 2.75) is 38.6 Å². The average Bonchev–Trinajstić information content (AvgIpc) is 2.91. The Morgan fingerprint density at radius 2 is 2.10 bits per heavy atom. The molecule has 1 aliphatic heterocycles. The summed E-state index contributed by atoms with van der Waals surface area (Å²) in [6.45, 7) is 8.17. The van der Waals surface area contributed by atoms with Crippen molar-refractivity contribution in [2.75, 3.05) is 20.1 Å². The second kappa shape index (κ2) is 6.46. The molecule has 0 spiro atoms. The van der Waals surface area contributed by atoms with E-state index in [2.05, 4.69) is 19.2 Å². The van der Waals surface area contributed by atoms with Crippen molar-refractivity contribution in [1.29, 1.82) is 0 Å². The highest BCUT2D eigenvalue weighted by molar-refractivity contribution is 7.89. The molecule has 1 atom stereocenters. The van der Waals surface area contributed by atoms with E-state index in [0.717, 1.165) is 17.5 Å². The van der Waals surface area contributed by atoms with Crippen LogP contribution in [0.25, 0.3) is 0 Å². The van der Waals surface area contributed by atoms with Gasteiger partial charge in [0, 0.05) is 19.6 Å². The standard InChI is InChI=1S/C16H26N2O2S/c1-12(2)15-7-8-18(11-15)21(19,20)16-9-14(10-17-4)6-5-13(16)3/h5-6,9,12,15,17H,7-8,10-11H2,1-4H3. The maximum atomic E-state index is 12.9. The first-order chi connectivity index (χ1) is 9.86. The quantitative estimate of drug-likeness (QED) is 0.908. The number of hydrogen-bond acceptors (Lipinski definition) is 3. The molecular weight excluding hydrogens is 284 g/mol. The van der Waals surface area contributed by atoms with E-state index in [1.807, 2.05) is 32.2 Å². The van der Waals surface area contributed by atoms with E-state index in [0.29, 0.717) is 36.4 Å². The molecular formula is C16H26N2O2S. The molecule has 1 aromatic rings. The number of benzene rings is 1. The Morgan fingerprint density at radius 1 is 1.38 bits per heavy atom. The molecule has 1 unspecified atom stereocenters. The van der Waals surface area contributed by atoms with Crippen LogP contribution in [0.15, 0.2) is 23.1 Å². The number of nitrogens with zero attached hydrogens (tertiary/aromatic N) is 1. The normalized spacial score (nSPS) is 20.3. The van der Waals surface area contributed by atoms with Gasteiger partial charge in [-0.05, 0) is 49.4 Å². The molecule has 1 aliphatic rings. The molecule has 1 fully saturated rings. The first-order valence-electron chi connectivity index (χ1n) is 7.60. The number of rotatable bonds is 5. The van der Waals surface area contributed by atoms with Crippen molar-refractivity contribution in [2.24, 2.45) is 11.8 Å². The van der Waals surface area contributed by atoms with Crippen molar-refractivity contribution < 1.29 is 8.42 Å². The molecule has 0 bridgehead atoms. The van der Waals surface area contributed by atoms with E-state index in [-0.39, 0.29) is 0 Å². The van der Waals surface area contributed by atoms with Crippen LogP contribution in [0.5, 0.6) is 0 Å². The van der Waals surface area contributed by atoms with Crippen LogP contribution in [0.2, 0.25) is 0 Å². The molecule has 0 saturated carbocycles. The van der Waals surface area contributed by atoms with Crippen molar-refractivity contribution in [1.82, 2.24) is 9.62 Å². The van der Waals surface area contributed by atoms with E-state index in [9.17, 15) is 8.42 Å². The topological polar surface area (TPSA) is 49.4 Å². The molecule has 0 aromatic heterocycles. The Morgan fingerprint density at radius 3 is 2.67 bits per heavy atom. The Bertz CT molecular complexity index is 596. The Hall–Kier alpha value is -0.910. The van der Waals surface area contributed by atoms with Crippen LogP contribution in [0.4, 0.5) is 0 Å². The summed E-state index contributed by atoms with van der Waals surface area (Å²) in [5.74, 6) is 1.00. The van der Waals surface area contributed by atoms with Crippen molar-refractivity contribution in [3.05, 3.63) is 29.3 Å². The van der Waals surface area contributed by atoms with Gasteiger partial charge >= 0.3 is 0 Å². The van der Waals surface area contributed by atoms with Crippen LogP contribution in [0, 0.1) is 18.8 Å². The summed E-state index contributed by atoms with van der Waals surface area (Å²) in [7, 11) is -1.51. The first kappa shape index (κ1) is 16.5. The monoisotopic (exact) mass is 310 g/mol. The lowest BCUT2D eigenvalue weighted by molar-refractivity contribution is 0.388. The third kappa shape index (κ3) is 3.47. The zero-order chi connectivity index (χ0) is 15.6. The van der Waals surface area contributed by atoms with E-state index in [4.69, 9.17) is 0 Å². The van der Waals surface area contributed by atoms with Gasteiger partial charge in [-0.15, -0.1) is 0 Å². The van der Waals surface area contributed by atoms with Gasteiger partial charge in [0.05, 0.1) is 4.90 Å². The molecule has 1 aromatic carbocycles. The largest absolute Gasteiger partial charge is 0.316 e. The lowest BCUT2D eigenvalue weighted by Crippen LogP contribution is -2.30. The smallest absolute Gasteiger partial charge is 0.243 e. The molecule has 0 radical (unpaired) electrons. The summed E-state index contributed by atoms with van der Waals surface area (Å²) >= 11 is 0. The highest BCUT2D eigenvalue weighted by Crippen LogP contribution is 2.30. The van der Waals surface area contributed by atoms with Gasteiger partial charge in [0.25, 0.3) is 0 Å². The van der Waals surface area contributed by atoms with Gasteiger partial charge in [-0.25, -0.2) is 8.42 Å². The van der Waals surface area contributed by atoms with E-state index >= 15 is 0 Å². The van der Waals surface area contributed by atoms with E-state index in [1.165, 1.54) is 0 Å². The Balaban J connectivity index is 2.30. The third-order valence-electron chi connectivity index (χ3n) is 4.38. The maximum Gasteiger partial charge on any atom is 0.243 e. The van der Waals surface area contributed by atoms with Gasteiger partial charge in [-0.1, -0.05) is 26.0 Å². The fourth-order valence-electron chi connectivity index (χ4n) is 2.89. The molecule has 1 N–H and O–H groups in total. The Kier molecular flexibility index (Phi) is 5.07. The van der Waals surface area contributed by atoms with Crippen LogP contribution < -0.4 is 5.32 Å². The van der Waals surface area contributed by atoms with Crippen LogP contribution in [0.3, 0.4) is 0 Å². The van der Waals surface area contributed by atoms with Gasteiger partial charge in [-0.2, -0.15) is 4.31 Å². The van der Waals surface area contributed by atoms with Crippen molar-refractivity contribution in [3.8, 4) is 0 Å². The lowest BCUT2D eigenvalue weighted by atomic mass is 9.96. The summed E-state index contributed by atoms with van der Waals surface area (Å²) in [5, 5.41) is 3.07. The minimum absolute atomic E-state index is 0.458. The molecule has 5 heteroatoms. The summed E-state index contributed by atoms with van der Waals surface area (Å²) < 4.78 is 27.4. The maximum absolute atomic E-state index is 12.9. The second-order valence-electron chi connectivity index (χ2n) is 6.29. The van der Waals surface area contributed by atoms with Crippen molar-refractivity contribution >= 4 is 10.0 Å². The third-order valence-corrected chi connectivity index (χ3v) is 6.39. The van der Waals surface area contributed by atoms with Crippen molar-refractivity contribution in [3.63, 3.8) is 0 Å². The SMILES string of the molecule is CNCc1ccc(C)c(S(=O)(=O)N2CCC(C(C)C)C2)c1. The zero-order valence-electron chi connectivity index (χ0n) is 13.4. The first-order valence-corrected chi connectivity index (χ1v) is 9.04. The minimum Gasteiger partial charge on any atom is -0.316 e. The second-order valence-corrected chi connectivity index (χ2v) is 8.19. The predicted octanol–water partition coefficient (Wildman–Crippen LogP) is 2.38. The van der Waals surface area contributed by atoms with Crippen LogP contribution in [-0.2, 0) is 16.6 Å². The molecule has 21 heavy (non-hydrogen) atoms. The highest BCUT2D eigenvalue weighted by Gasteiger charge is 2.34. The van der Waals surface area contributed by atoms with E-state index in [1.54, 1.807) is 4.31 Å². The van der Waals surface area contributed by atoms with Gasteiger partial charge in [0.1, 0.15) is 0 Å². The number of sulfonamides is 1. The number of hydrogen-bond donors (Lipinski definition) is 1. The van der Waals surface area contributed by atoms with Gasteiger partial charge in [-0.3, -0.25) is 0 Å². The van der Waals surface area contributed by atoms with E-state index < -0.39 is 10.0 Å². The predicted molar refractivity (Wildman–Crippen MR) is 85.6 cm³/mol. The molecule has 0 aliphatic carbocycles. The molecule has 1 heterocycles. The molecule has 0 amide bonds. The molecule has 118 valence electrons. The van der Waals surface area contributed by atoms with Gasteiger partial charge in [0.2, 0.25) is 10.0 Å². The fourth-order valence-corrected chi connectivity index (χ4v) is 4.68. The summed E-state index contributed by atoms with van der Waals surface area (Å²) in [6, 6.07) is 5.69. The van der Waals surface area contributed by atoms with Crippen LogP contribution >= 0.6 is 0 Å². The molecule has 1 saturated heterocycles. The summed E-state index contributed by atoms with van der Waals surface area (Å²) in [5.41, 5.74) is 1.82. The van der Waals surface area contributed by atoms with Crippen LogP contribution in [0.1, 0.15) is 31.4 Å². The van der Waals surface area contributed by atoms with Gasteiger partial charge in [0.15, 0.2) is 0 Å². The highest BCUT2D eigenvalue weighted by atomic mass is 32.2. The van der Waals surface area contributed by atoms with Crippen LogP contribution in [-0.4, -0.2) is 32.9 Å². The molecule has 4 nitrogen and oxygen atoms in total. The Labute approximate surface area is 128 Å². The van der Waals surface area contributed by atoms with Gasteiger partial charge < -0.3 is 5.32 Å².